The number of aliphatic hydroxyl groups excluding tert-OH is 1. The van der Waals surface area contributed by atoms with E-state index in [4.69, 9.17) is 19.0 Å². The van der Waals surface area contributed by atoms with E-state index in [1.54, 1.807) is 34.6 Å². The third-order valence-electron chi connectivity index (χ3n) is 6.28. The van der Waals surface area contributed by atoms with E-state index in [-0.39, 0.29) is 29.3 Å². The van der Waals surface area contributed by atoms with Gasteiger partial charge in [-0.25, -0.2) is 4.39 Å². The predicted octanol–water partition coefficient (Wildman–Crippen LogP) is 3.46. The van der Waals surface area contributed by atoms with Gasteiger partial charge in [0, 0.05) is 32.0 Å². The Labute approximate surface area is 234 Å². The summed E-state index contributed by atoms with van der Waals surface area (Å²) in [6.45, 7) is 9.56. The van der Waals surface area contributed by atoms with Crippen molar-refractivity contribution in [2.24, 2.45) is 11.1 Å². The number of hydrogen-bond donors (Lipinski definition) is 1. The van der Waals surface area contributed by atoms with Crippen molar-refractivity contribution in [2.75, 3.05) is 27.4 Å². The Kier molecular flexibility index (Phi) is 10.5. The molecular formula is C28H39FN4O7. The highest BCUT2D eigenvalue weighted by Crippen LogP contribution is 2.32. The zero-order valence-corrected chi connectivity index (χ0v) is 24.1. The van der Waals surface area contributed by atoms with E-state index in [0.717, 1.165) is 10.0 Å². The maximum Gasteiger partial charge on any atom is 0.279 e. The van der Waals surface area contributed by atoms with Crippen molar-refractivity contribution >= 4 is 23.3 Å². The van der Waals surface area contributed by atoms with Gasteiger partial charge in [-0.2, -0.15) is 5.01 Å². The summed E-state index contributed by atoms with van der Waals surface area (Å²) in [5, 5.41) is 17.5. The molecule has 1 aromatic rings. The second-order valence-corrected chi connectivity index (χ2v) is 10.1. The molecule has 0 aliphatic carbocycles. The first-order valence-electron chi connectivity index (χ1n) is 13.2. The Morgan fingerprint density at radius 2 is 1.93 bits per heavy atom. The number of methoxy groups -OCH3 is 1. The van der Waals surface area contributed by atoms with Gasteiger partial charge in [0.05, 0.1) is 43.4 Å². The molecule has 2 heterocycles. The van der Waals surface area contributed by atoms with Crippen LogP contribution in [0.3, 0.4) is 0 Å². The largest absolute Gasteiger partial charge is 0.496 e. The van der Waals surface area contributed by atoms with Gasteiger partial charge < -0.3 is 29.1 Å². The molecule has 1 unspecified atom stereocenters. The van der Waals surface area contributed by atoms with E-state index in [2.05, 4.69) is 5.16 Å². The molecule has 2 aliphatic heterocycles. The molecule has 3 rings (SSSR count). The highest BCUT2D eigenvalue weighted by molar-refractivity contribution is 6.21. The Bertz CT molecular complexity index is 1160. The van der Waals surface area contributed by atoms with Crippen molar-refractivity contribution in [3.05, 3.63) is 47.6 Å². The Hall–Kier alpha value is -3.64. The fourth-order valence-electron chi connectivity index (χ4n) is 4.13. The van der Waals surface area contributed by atoms with Crippen LogP contribution in [0.25, 0.3) is 5.76 Å². The smallest absolute Gasteiger partial charge is 0.279 e. The molecule has 220 valence electrons. The van der Waals surface area contributed by atoms with Crippen molar-refractivity contribution in [2.45, 2.75) is 66.0 Å². The summed E-state index contributed by atoms with van der Waals surface area (Å²) in [7, 11) is 2.86. The molecule has 12 heteroatoms. The van der Waals surface area contributed by atoms with Gasteiger partial charge in [-0.15, -0.1) is 0 Å². The predicted molar refractivity (Wildman–Crippen MR) is 146 cm³/mol. The van der Waals surface area contributed by atoms with Crippen LogP contribution in [-0.2, 0) is 23.9 Å². The summed E-state index contributed by atoms with van der Waals surface area (Å²) in [5.41, 5.74) is 0.608. The van der Waals surface area contributed by atoms with Crippen LogP contribution in [0, 0.1) is 11.7 Å². The fourth-order valence-corrected chi connectivity index (χ4v) is 4.13. The summed E-state index contributed by atoms with van der Waals surface area (Å²) in [6.07, 6.45) is 1.91. The molecule has 1 N–H and O–H groups in total. The minimum Gasteiger partial charge on any atom is -0.496 e. The number of halogens is 1. The van der Waals surface area contributed by atoms with Crippen molar-refractivity contribution in [3.8, 4) is 5.75 Å². The quantitative estimate of drug-likeness (QED) is 0.262. The maximum atomic E-state index is 14.4. The van der Waals surface area contributed by atoms with E-state index in [0.29, 0.717) is 37.4 Å². The van der Waals surface area contributed by atoms with Gasteiger partial charge in [-0.3, -0.25) is 14.6 Å². The monoisotopic (exact) mass is 562 g/mol. The molecule has 1 atom stereocenters. The minimum absolute atomic E-state index is 0.0715. The number of nitrogens with zero attached hydrogens (tertiary/aromatic N) is 4. The van der Waals surface area contributed by atoms with Crippen molar-refractivity contribution < 1.29 is 38.1 Å². The zero-order valence-electron chi connectivity index (χ0n) is 24.1. The topological polar surface area (TPSA) is 113 Å². The lowest BCUT2D eigenvalue weighted by Gasteiger charge is -2.43. The molecule has 0 bridgehead atoms. The lowest BCUT2D eigenvalue weighted by atomic mass is 10.1. The van der Waals surface area contributed by atoms with Crippen LogP contribution in [0.4, 0.5) is 4.39 Å². The standard InChI is InChI=1S/C28H39FN4O7/c1-17(2)26(34)31(6)33-27(35)23(19(5)30-40-18(3)4)15-32(28(33)36)16-25(39-21-10-12-38-13-11-21)22-14-20(29)8-9-24(22)37-7/h8-9,14-18,21,28,36H,10-13H2,1-7H3/b25-16-,30-19+. The first kappa shape index (κ1) is 30.9. The average Bonchev–Trinajstić information content (AvgIpc) is 2.92. The normalized spacial score (nSPS) is 19.2. The maximum absolute atomic E-state index is 14.4. The second-order valence-electron chi connectivity index (χ2n) is 10.1. The van der Waals surface area contributed by atoms with Crippen LogP contribution in [0.5, 0.6) is 5.75 Å². The number of oxime groups is 1. The van der Waals surface area contributed by atoms with Crippen LogP contribution < -0.4 is 4.74 Å². The fraction of sp³-hybridized carbons (Fsp3) is 0.536. The number of carbonyl (C=O) groups is 2. The average molecular weight is 563 g/mol. The summed E-state index contributed by atoms with van der Waals surface area (Å²) >= 11 is 0. The number of amides is 2. The second kappa shape index (κ2) is 13.6. The Morgan fingerprint density at radius 1 is 1.25 bits per heavy atom. The Morgan fingerprint density at radius 3 is 2.52 bits per heavy atom. The summed E-state index contributed by atoms with van der Waals surface area (Å²) in [6, 6.07) is 4.01. The van der Waals surface area contributed by atoms with E-state index < -0.39 is 29.9 Å². The number of benzene rings is 1. The molecular weight excluding hydrogens is 523 g/mol. The SMILES string of the molecule is COc1ccc(F)cc1/C(=C/N1C=C(/C(C)=N/OC(C)C)C(=O)N(N(C)C(=O)C(C)C)C1O)OC1CCOCC1. The third kappa shape index (κ3) is 7.30. The number of carbonyl (C=O) groups excluding carboxylic acids is 2. The van der Waals surface area contributed by atoms with E-state index in [1.807, 2.05) is 0 Å². The zero-order chi connectivity index (χ0) is 29.6. The highest BCUT2D eigenvalue weighted by atomic mass is 19.1. The molecule has 1 saturated heterocycles. The molecule has 1 aromatic carbocycles. The van der Waals surface area contributed by atoms with Crippen LogP contribution in [0.15, 0.2) is 41.3 Å². The minimum atomic E-state index is -1.64. The number of hydrazine groups is 1. The van der Waals surface area contributed by atoms with Crippen molar-refractivity contribution in [1.82, 2.24) is 14.9 Å². The van der Waals surface area contributed by atoms with Gasteiger partial charge in [0.2, 0.25) is 12.3 Å². The van der Waals surface area contributed by atoms with Gasteiger partial charge in [0.1, 0.15) is 29.5 Å². The lowest BCUT2D eigenvalue weighted by Crippen LogP contribution is -2.60. The van der Waals surface area contributed by atoms with Crippen LogP contribution in [-0.4, -0.2) is 83.5 Å². The summed E-state index contributed by atoms with van der Waals surface area (Å²) in [5.74, 6) is -1.47. The van der Waals surface area contributed by atoms with Gasteiger partial charge in [-0.1, -0.05) is 19.0 Å². The summed E-state index contributed by atoms with van der Waals surface area (Å²) < 4.78 is 31.7. The number of rotatable bonds is 10. The molecule has 0 aromatic heterocycles. The number of hydrogen-bond acceptors (Lipinski definition) is 9. The van der Waals surface area contributed by atoms with E-state index in [9.17, 15) is 19.1 Å². The van der Waals surface area contributed by atoms with Crippen molar-refractivity contribution in [3.63, 3.8) is 0 Å². The number of aliphatic hydroxyl groups is 1. The molecule has 0 saturated carbocycles. The van der Waals surface area contributed by atoms with Crippen molar-refractivity contribution in [1.29, 1.82) is 0 Å². The lowest BCUT2D eigenvalue weighted by molar-refractivity contribution is -0.198. The first-order valence-corrected chi connectivity index (χ1v) is 13.2. The van der Waals surface area contributed by atoms with Crippen LogP contribution in [0.2, 0.25) is 0 Å². The molecule has 2 amide bonds. The first-order chi connectivity index (χ1) is 18.9. The van der Waals surface area contributed by atoms with Gasteiger partial charge >= 0.3 is 0 Å². The molecule has 0 radical (unpaired) electrons. The van der Waals surface area contributed by atoms with E-state index in [1.165, 1.54) is 49.7 Å². The molecule has 11 nitrogen and oxygen atoms in total. The third-order valence-corrected chi connectivity index (χ3v) is 6.28. The van der Waals surface area contributed by atoms with E-state index >= 15 is 0 Å². The van der Waals surface area contributed by atoms with Gasteiger partial charge in [-0.05, 0) is 39.0 Å². The number of ether oxygens (including phenoxy) is 3. The van der Waals surface area contributed by atoms with Crippen LogP contribution >= 0.6 is 0 Å². The molecule has 40 heavy (non-hydrogen) atoms. The molecule has 0 spiro atoms. The summed E-state index contributed by atoms with van der Waals surface area (Å²) in [4.78, 5) is 33.1. The van der Waals surface area contributed by atoms with Gasteiger partial charge in [0.15, 0.2) is 0 Å². The molecule has 1 fully saturated rings. The Balaban J connectivity index is 2.17. The van der Waals surface area contributed by atoms with Crippen LogP contribution in [0.1, 0.15) is 53.0 Å². The highest BCUT2D eigenvalue weighted by Gasteiger charge is 2.39. The van der Waals surface area contributed by atoms with Gasteiger partial charge in [0.25, 0.3) is 5.91 Å². The molecule has 2 aliphatic rings.